The summed E-state index contributed by atoms with van der Waals surface area (Å²) in [5.74, 6) is 0.401. The topological polar surface area (TPSA) is 100 Å². The maximum absolute atomic E-state index is 13.0. The Morgan fingerprint density at radius 2 is 1.92 bits per heavy atom. The van der Waals surface area contributed by atoms with Gasteiger partial charge >= 0.3 is 0 Å². The summed E-state index contributed by atoms with van der Waals surface area (Å²) in [6.45, 7) is 4.77. The van der Waals surface area contributed by atoms with Crippen molar-refractivity contribution in [3.63, 3.8) is 0 Å². The first kappa shape index (κ1) is 17.7. The number of hydrogen-bond acceptors (Lipinski definition) is 6. The van der Waals surface area contributed by atoms with Crippen molar-refractivity contribution in [1.29, 1.82) is 0 Å². The molecule has 0 bridgehead atoms. The minimum Gasteiger partial charge on any atom is -0.381 e. The van der Waals surface area contributed by atoms with Gasteiger partial charge in [-0.1, -0.05) is 0 Å². The van der Waals surface area contributed by atoms with Crippen LogP contribution in [0.15, 0.2) is 4.99 Å². The van der Waals surface area contributed by atoms with Crippen LogP contribution in [0.3, 0.4) is 0 Å². The predicted molar refractivity (Wildman–Crippen MR) is 96.4 cm³/mol. The Hall–Kier alpha value is -1.67. The molecule has 144 valence electrons. The largest absolute Gasteiger partial charge is 0.381 e. The molecule has 0 aromatic rings. The predicted octanol–water partition coefficient (Wildman–Crippen LogP) is -0.317. The van der Waals surface area contributed by atoms with E-state index in [9.17, 15) is 9.59 Å². The molecule has 1 spiro atoms. The number of aliphatic imine (C=N–C) groups is 1. The van der Waals surface area contributed by atoms with Crippen molar-refractivity contribution in [1.82, 2.24) is 15.1 Å². The number of hydrogen-bond donors (Lipinski definition) is 2. The van der Waals surface area contributed by atoms with Gasteiger partial charge in [-0.05, 0) is 45.1 Å². The van der Waals surface area contributed by atoms with Gasteiger partial charge in [-0.15, -0.1) is 0 Å². The second-order valence-electron chi connectivity index (χ2n) is 7.99. The number of piperidine rings is 2. The third-order valence-corrected chi connectivity index (χ3v) is 6.41. The summed E-state index contributed by atoms with van der Waals surface area (Å²) in [7, 11) is 0. The van der Waals surface area contributed by atoms with Crippen LogP contribution in [-0.2, 0) is 14.3 Å². The van der Waals surface area contributed by atoms with E-state index in [1.54, 1.807) is 0 Å². The van der Waals surface area contributed by atoms with Crippen molar-refractivity contribution in [3.8, 4) is 0 Å². The van der Waals surface area contributed by atoms with Gasteiger partial charge in [0.15, 0.2) is 5.96 Å². The molecule has 0 saturated carbocycles. The van der Waals surface area contributed by atoms with Crippen molar-refractivity contribution in [2.24, 2.45) is 16.6 Å². The van der Waals surface area contributed by atoms with Crippen molar-refractivity contribution >= 4 is 17.8 Å². The number of ether oxygens (including phenoxy) is 1. The van der Waals surface area contributed by atoms with Gasteiger partial charge in [0.1, 0.15) is 5.54 Å². The van der Waals surface area contributed by atoms with Crippen LogP contribution in [0, 0.1) is 5.92 Å². The average molecular weight is 363 g/mol. The number of nitrogens with one attached hydrogen (secondary N) is 1. The fourth-order valence-electron chi connectivity index (χ4n) is 4.83. The standard InChI is InChI=1S/C18H29N5O3/c19-17-20-16(25)18(21-17)5-8-22(9-6-18)15(24)13-2-1-7-23(12-13)14-3-10-26-11-4-14/h13-14H,1-12H2,(H3,19,20,21,25)/t13-/m1/s1. The van der Waals surface area contributed by atoms with Crippen molar-refractivity contribution < 1.29 is 14.3 Å². The van der Waals surface area contributed by atoms with Gasteiger partial charge in [0.25, 0.3) is 5.91 Å². The first-order valence-electron chi connectivity index (χ1n) is 9.85. The molecule has 4 aliphatic heterocycles. The highest BCUT2D eigenvalue weighted by molar-refractivity contribution is 6.06. The van der Waals surface area contributed by atoms with Crippen LogP contribution in [0.4, 0.5) is 0 Å². The monoisotopic (exact) mass is 363 g/mol. The number of nitrogens with zero attached hydrogens (tertiary/aromatic N) is 3. The zero-order valence-corrected chi connectivity index (χ0v) is 15.3. The summed E-state index contributed by atoms with van der Waals surface area (Å²) < 4.78 is 5.47. The molecule has 4 aliphatic rings. The molecule has 0 aliphatic carbocycles. The fourth-order valence-corrected chi connectivity index (χ4v) is 4.83. The van der Waals surface area contributed by atoms with Crippen LogP contribution in [-0.4, -0.2) is 78.5 Å². The average Bonchev–Trinajstić information content (AvgIpc) is 2.95. The SMILES string of the molecule is NC1=NC2(CCN(C(=O)[C@@H]3CCCN(C4CCOCC4)C3)CC2)C(=O)N1. The molecule has 3 fully saturated rings. The van der Waals surface area contributed by atoms with Crippen molar-refractivity contribution in [2.75, 3.05) is 39.4 Å². The third-order valence-electron chi connectivity index (χ3n) is 6.41. The Bertz CT molecular complexity index is 594. The highest BCUT2D eigenvalue weighted by Crippen LogP contribution is 2.31. The van der Waals surface area contributed by atoms with Gasteiger partial charge in [-0.25, -0.2) is 4.99 Å². The molecular formula is C18H29N5O3. The zero-order chi connectivity index (χ0) is 18.1. The summed E-state index contributed by atoms with van der Waals surface area (Å²) in [4.78, 5) is 33.9. The van der Waals surface area contributed by atoms with Gasteiger partial charge in [0.2, 0.25) is 5.91 Å². The van der Waals surface area contributed by atoms with E-state index in [2.05, 4.69) is 15.2 Å². The minimum absolute atomic E-state index is 0.0756. The van der Waals surface area contributed by atoms with Gasteiger partial charge in [-0.2, -0.15) is 0 Å². The molecule has 1 atom stereocenters. The molecular weight excluding hydrogens is 334 g/mol. The Morgan fingerprint density at radius 3 is 2.58 bits per heavy atom. The van der Waals surface area contributed by atoms with E-state index < -0.39 is 5.54 Å². The highest BCUT2D eigenvalue weighted by atomic mass is 16.5. The number of likely N-dealkylation sites (tertiary alicyclic amines) is 2. The second kappa shape index (κ2) is 7.15. The number of carbonyl (C=O) groups excluding carboxylic acids is 2. The van der Waals surface area contributed by atoms with E-state index in [4.69, 9.17) is 10.5 Å². The Kier molecular flexibility index (Phi) is 4.88. The zero-order valence-electron chi connectivity index (χ0n) is 15.3. The maximum Gasteiger partial charge on any atom is 0.254 e. The first-order chi connectivity index (χ1) is 12.6. The number of amides is 2. The van der Waals surface area contributed by atoms with Crippen molar-refractivity contribution in [2.45, 2.75) is 50.1 Å². The van der Waals surface area contributed by atoms with Gasteiger partial charge in [0.05, 0.1) is 5.92 Å². The highest BCUT2D eigenvalue weighted by Gasteiger charge is 2.46. The van der Waals surface area contributed by atoms with Gasteiger partial charge < -0.3 is 15.4 Å². The van der Waals surface area contributed by atoms with E-state index in [-0.39, 0.29) is 23.7 Å². The molecule has 3 N–H and O–H groups in total. The molecule has 2 amide bonds. The van der Waals surface area contributed by atoms with Crippen LogP contribution >= 0.6 is 0 Å². The molecule has 0 unspecified atom stereocenters. The second-order valence-corrected chi connectivity index (χ2v) is 7.99. The van der Waals surface area contributed by atoms with Crippen LogP contribution in [0.2, 0.25) is 0 Å². The number of rotatable bonds is 2. The Morgan fingerprint density at radius 1 is 1.19 bits per heavy atom. The van der Waals surface area contributed by atoms with E-state index in [0.717, 1.165) is 52.0 Å². The van der Waals surface area contributed by atoms with E-state index >= 15 is 0 Å². The van der Waals surface area contributed by atoms with E-state index in [1.165, 1.54) is 0 Å². The first-order valence-corrected chi connectivity index (χ1v) is 9.85. The number of carbonyl (C=O) groups is 2. The summed E-state index contributed by atoms with van der Waals surface area (Å²) in [6, 6.07) is 0.559. The van der Waals surface area contributed by atoms with Gasteiger partial charge in [0, 0.05) is 38.9 Å². The molecule has 8 nitrogen and oxygen atoms in total. The third kappa shape index (κ3) is 3.32. The lowest BCUT2D eigenvalue weighted by Gasteiger charge is -2.42. The molecule has 0 radical (unpaired) electrons. The molecule has 4 heterocycles. The number of nitrogens with two attached hydrogens (primary N) is 1. The quantitative estimate of drug-likeness (QED) is 0.701. The summed E-state index contributed by atoms with van der Waals surface area (Å²) in [6.07, 6.45) is 5.30. The van der Waals surface area contributed by atoms with Crippen molar-refractivity contribution in [3.05, 3.63) is 0 Å². The van der Waals surface area contributed by atoms with Crippen LogP contribution in [0.1, 0.15) is 38.5 Å². The summed E-state index contributed by atoms with van der Waals surface area (Å²) in [5, 5.41) is 2.60. The van der Waals surface area contributed by atoms with Crippen LogP contribution in [0.25, 0.3) is 0 Å². The lowest BCUT2D eigenvalue weighted by Crippen LogP contribution is -2.54. The lowest BCUT2D eigenvalue weighted by molar-refractivity contribution is -0.141. The fraction of sp³-hybridized carbons (Fsp3) is 0.833. The Balaban J connectivity index is 1.34. The lowest BCUT2D eigenvalue weighted by atomic mass is 9.86. The van der Waals surface area contributed by atoms with E-state index in [1.807, 2.05) is 4.90 Å². The molecule has 0 aromatic heterocycles. The normalized spacial score (nSPS) is 30.3. The molecule has 3 saturated heterocycles. The summed E-state index contributed by atoms with van der Waals surface area (Å²) >= 11 is 0. The molecule has 26 heavy (non-hydrogen) atoms. The molecule has 0 aromatic carbocycles. The van der Waals surface area contributed by atoms with Gasteiger partial charge in [-0.3, -0.25) is 19.8 Å². The maximum atomic E-state index is 13.0. The molecule has 8 heteroatoms. The number of guanidine groups is 1. The smallest absolute Gasteiger partial charge is 0.254 e. The van der Waals surface area contributed by atoms with Crippen LogP contribution < -0.4 is 11.1 Å². The van der Waals surface area contributed by atoms with E-state index in [0.29, 0.717) is 32.0 Å². The Labute approximate surface area is 154 Å². The summed E-state index contributed by atoms with van der Waals surface area (Å²) in [5.41, 5.74) is 4.90. The minimum atomic E-state index is -0.748. The molecule has 4 rings (SSSR count). The van der Waals surface area contributed by atoms with Crippen LogP contribution in [0.5, 0.6) is 0 Å².